The molecular formula is C14H26N6O. The molecule has 0 spiro atoms. The van der Waals surface area contributed by atoms with E-state index >= 15 is 0 Å². The first-order valence-electron chi connectivity index (χ1n) is 7.73. The summed E-state index contributed by atoms with van der Waals surface area (Å²) in [6.45, 7) is 8.45. The Bertz CT molecular complexity index is 433. The molecule has 0 amide bonds. The maximum atomic E-state index is 5.75. The average Bonchev–Trinajstić information content (AvgIpc) is 2.96. The zero-order valence-electron chi connectivity index (χ0n) is 13.0. The molecule has 2 heterocycles. The van der Waals surface area contributed by atoms with Crippen molar-refractivity contribution in [1.29, 1.82) is 0 Å². The van der Waals surface area contributed by atoms with Gasteiger partial charge >= 0.3 is 0 Å². The zero-order chi connectivity index (χ0) is 15.1. The molecule has 1 aliphatic heterocycles. The van der Waals surface area contributed by atoms with E-state index < -0.39 is 0 Å². The Morgan fingerprint density at radius 2 is 1.95 bits per heavy atom. The molecule has 1 aromatic rings. The summed E-state index contributed by atoms with van der Waals surface area (Å²) >= 11 is 0. The van der Waals surface area contributed by atoms with Crippen molar-refractivity contribution in [2.45, 2.75) is 33.1 Å². The van der Waals surface area contributed by atoms with Crippen molar-refractivity contribution in [3.05, 3.63) is 0 Å². The van der Waals surface area contributed by atoms with E-state index in [1.54, 1.807) is 0 Å². The summed E-state index contributed by atoms with van der Waals surface area (Å²) in [5.74, 6) is 2.12. The molecule has 21 heavy (non-hydrogen) atoms. The van der Waals surface area contributed by atoms with E-state index in [4.69, 9.17) is 10.5 Å². The molecule has 0 atom stereocenters. The molecule has 3 N–H and O–H groups in total. The normalized spacial score (nSPS) is 14.9. The van der Waals surface area contributed by atoms with Crippen LogP contribution in [0.4, 0.5) is 17.8 Å². The Morgan fingerprint density at radius 1 is 1.19 bits per heavy atom. The lowest BCUT2D eigenvalue weighted by molar-refractivity contribution is 0.132. The number of rotatable bonds is 8. The highest BCUT2D eigenvalue weighted by atomic mass is 16.5. The van der Waals surface area contributed by atoms with Gasteiger partial charge in [0.05, 0.1) is 6.61 Å². The largest absolute Gasteiger partial charge is 0.380 e. The first-order valence-corrected chi connectivity index (χ1v) is 7.73. The minimum Gasteiger partial charge on any atom is -0.380 e. The molecule has 1 saturated heterocycles. The molecule has 118 valence electrons. The van der Waals surface area contributed by atoms with Crippen LogP contribution in [-0.4, -0.2) is 47.8 Å². The van der Waals surface area contributed by atoms with E-state index in [0.717, 1.165) is 26.1 Å². The van der Waals surface area contributed by atoms with Gasteiger partial charge in [-0.25, -0.2) is 0 Å². The van der Waals surface area contributed by atoms with Gasteiger partial charge in [0.2, 0.25) is 17.8 Å². The number of hydrogen-bond donors (Lipinski definition) is 2. The van der Waals surface area contributed by atoms with Gasteiger partial charge in [-0.1, -0.05) is 13.8 Å². The molecule has 0 unspecified atom stereocenters. The van der Waals surface area contributed by atoms with E-state index in [-0.39, 0.29) is 5.95 Å². The fraction of sp³-hybridized carbons (Fsp3) is 0.786. The second kappa shape index (κ2) is 7.97. The van der Waals surface area contributed by atoms with Gasteiger partial charge in [0.25, 0.3) is 0 Å². The van der Waals surface area contributed by atoms with E-state index in [2.05, 4.69) is 39.0 Å². The number of ether oxygens (including phenoxy) is 1. The van der Waals surface area contributed by atoms with Crippen LogP contribution in [0.5, 0.6) is 0 Å². The molecule has 1 aliphatic rings. The minimum atomic E-state index is 0.259. The van der Waals surface area contributed by atoms with Crippen LogP contribution in [0.3, 0.4) is 0 Å². The number of nitrogens with one attached hydrogen (secondary N) is 1. The maximum absolute atomic E-state index is 5.75. The smallest absolute Gasteiger partial charge is 0.231 e. The maximum Gasteiger partial charge on any atom is 0.231 e. The number of nitrogen functional groups attached to an aromatic ring is 1. The molecule has 0 bridgehead atoms. The molecule has 0 saturated carbocycles. The quantitative estimate of drug-likeness (QED) is 0.703. The Labute approximate surface area is 126 Å². The lowest BCUT2D eigenvalue weighted by Gasteiger charge is -2.16. The summed E-state index contributed by atoms with van der Waals surface area (Å²) in [7, 11) is 0. The minimum absolute atomic E-state index is 0.259. The number of nitrogens with zero attached hydrogens (tertiary/aromatic N) is 4. The summed E-state index contributed by atoms with van der Waals surface area (Å²) in [6.07, 6.45) is 3.44. The average molecular weight is 294 g/mol. The van der Waals surface area contributed by atoms with Crippen LogP contribution in [0.2, 0.25) is 0 Å². The number of aromatic nitrogens is 3. The van der Waals surface area contributed by atoms with Gasteiger partial charge in [0.1, 0.15) is 0 Å². The number of hydrogen-bond acceptors (Lipinski definition) is 7. The molecule has 2 rings (SSSR count). The van der Waals surface area contributed by atoms with Gasteiger partial charge in [-0.15, -0.1) is 0 Å². The lowest BCUT2D eigenvalue weighted by atomic mass is 10.1. The van der Waals surface area contributed by atoms with Crippen LogP contribution in [-0.2, 0) is 4.74 Å². The predicted octanol–water partition coefficient (Wildman–Crippen LogP) is 1.53. The van der Waals surface area contributed by atoms with Gasteiger partial charge in [-0.3, -0.25) is 0 Å². The fourth-order valence-electron chi connectivity index (χ4n) is 2.17. The van der Waals surface area contributed by atoms with E-state index in [1.165, 1.54) is 12.8 Å². The van der Waals surface area contributed by atoms with Crippen molar-refractivity contribution >= 4 is 17.8 Å². The fourth-order valence-corrected chi connectivity index (χ4v) is 2.17. The third kappa shape index (κ3) is 5.34. The van der Waals surface area contributed by atoms with Crippen molar-refractivity contribution < 1.29 is 4.74 Å². The first kappa shape index (κ1) is 15.8. The van der Waals surface area contributed by atoms with Crippen LogP contribution in [0.1, 0.15) is 33.1 Å². The van der Waals surface area contributed by atoms with Crippen molar-refractivity contribution in [2.24, 2.45) is 5.92 Å². The SMILES string of the molecule is CC(C)CCOCCNc1nc(N)nc(N2CCCC2)n1. The summed E-state index contributed by atoms with van der Waals surface area (Å²) in [5, 5.41) is 3.14. The lowest BCUT2D eigenvalue weighted by Crippen LogP contribution is -2.22. The van der Waals surface area contributed by atoms with Crippen molar-refractivity contribution in [3.8, 4) is 0 Å². The Balaban J connectivity index is 1.77. The van der Waals surface area contributed by atoms with Gasteiger partial charge in [-0.05, 0) is 25.2 Å². The van der Waals surface area contributed by atoms with Gasteiger partial charge in [-0.2, -0.15) is 15.0 Å². The summed E-state index contributed by atoms with van der Waals surface area (Å²) in [4.78, 5) is 14.9. The Kier molecular flexibility index (Phi) is 5.98. The second-order valence-electron chi connectivity index (χ2n) is 5.73. The molecule has 7 heteroatoms. The van der Waals surface area contributed by atoms with Crippen LogP contribution < -0.4 is 16.0 Å². The van der Waals surface area contributed by atoms with E-state index in [1.807, 2.05) is 0 Å². The molecule has 7 nitrogen and oxygen atoms in total. The van der Waals surface area contributed by atoms with Crippen molar-refractivity contribution in [2.75, 3.05) is 48.8 Å². The second-order valence-corrected chi connectivity index (χ2v) is 5.73. The standard InChI is InChI=1S/C14H26N6O/c1-11(2)5-9-21-10-6-16-13-17-12(15)18-14(19-13)20-7-3-4-8-20/h11H,3-10H2,1-2H3,(H3,15,16,17,18,19). The number of nitrogens with two attached hydrogens (primary N) is 1. The molecule has 0 aromatic carbocycles. The van der Waals surface area contributed by atoms with Crippen LogP contribution in [0.15, 0.2) is 0 Å². The molecule has 0 radical (unpaired) electrons. The van der Waals surface area contributed by atoms with Crippen molar-refractivity contribution in [1.82, 2.24) is 15.0 Å². The first-order chi connectivity index (χ1) is 10.1. The number of anilines is 3. The highest BCUT2D eigenvalue weighted by Crippen LogP contribution is 2.17. The van der Waals surface area contributed by atoms with Gasteiger partial charge in [0.15, 0.2) is 0 Å². The third-order valence-electron chi connectivity index (χ3n) is 3.40. The molecule has 1 aromatic heterocycles. The third-order valence-corrected chi connectivity index (χ3v) is 3.40. The molecule has 0 aliphatic carbocycles. The zero-order valence-corrected chi connectivity index (χ0v) is 13.0. The van der Waals surface area contributed by atoms with E-state index in [0.29, 0.717) is 31.0 Å². The highest BCUT2D eigenvalue weighted by Gasteiger charge is 2.16. The Hall–Kier alpha value is -1.63. The molecular weight excluding hydrogens is 268 g/mol. The van der Waals surface area contributed by atoms with E-state index in [9.17, 15) is 0 Å². The van der Waals surface area contributed by atoms with Gasteiger partial charge in [0, 0.05) is 26.2 Å². The van der Waals surface area contributed by atoms with Crippen LogP contribution in [0.25, 0.3) is 0 Å². The monoisotopic (exact) mass is 294 g/mol. The van der Waals surface area contributed by atoms with Crippen LogP contribution >= 0.6 is 0 Å². The summed E-state index contributed by atoms with van der Waals surface area (Å²) < 4.78 is 5.55. The highest BCUT2D eigenvalue weighted by molar-refractivity contribution is 5.42. The van der Waals surface area contributed by atoms with Crippen molar-refractivity contribution in [3.63, 3.8) is 0 Å². The van der Waals surface area contributed by atoms with Crippen LogP contribution in [0, 0.1) is 5.92 Å². The predicted molar refractivity (Wildman–Crippen MR) is 84.5 cm³/mol. The topological polar surface area (TPSA) is 89.2 Å². The van der Waals surface area contributed by atoms with Gasteiger partial charge < -0.3 is 20.7 Å². The summed E-state index contributed by atoms with van der Waals surface area (Å²) in [5.41, 5.74) is 5.75. The summed E-state index contributed by atoms with van der Waals surface area (Å²) in [6, 6.07) is 0. The Morgan fingerprint density at radius 3 is 2.67 bits per heavy atom. The molecule has 1 fully saturated rings.